The summed E-state index contributed by atoms with van der Waals surface area (Å²) in [6.45, 7) is 0. The third kappa shape index (κ3) is 3.67. The second-order valence-electron chi connectivity index (χ2n) is 3.95. The molecule has 0 spiro atoms. The molecule has 0 saturated carbocycles. The summed E-state index contributed by atoms with van der Waals surface area (Å²) in [5, 5.41) is 2.49. The lowest BCUT2D eigenvalue weighted by molar-refractivity contribution is 0.102. The smallest absolute Gasteiger partial charge is 0.255 e. The Morgan fingerprint density at radius 1 is 0.905 bits per heavy atom. The van der Waals surface area contributed by atoms with Crippen LogP contribution in [0.4, 0.5) is 18.9 Å². The molecule has 0 atom stereocenters. The molecule has 0 aliphatic rings. The summed E-state index contributed by atoms with van der Waals surface area (Å²) in [5.74, 6) is -5.22. The lowest BCUT2D eigenvalue weighted by Gasteiger charge is -2.11. The first-order valence-corrected chi connectivity index (χ1v) is 7.78. The summed E-state index contributed by atoms with van der Waals surface area (Å²) < 4.78 is 41.0. The van der Waals surface area contributed by atoms with Gasteiger partial charge in [-0.25, -0.2) is 13.2 Å². The second kappa shape index (κ2) is 6.50. The van der Waals surface area contributed by atoms with Gasteiger partial charge < -0.3 is 5.32 Å². The Labute approximate surface area is 143 Å². The van der Waals surface area contributed by atoms with E-state index in [4.69, 9.17) is 0 Å². The minimum absolute atomic E-state index is 0.326. The Kier molecular flexibility index (Phi) is 5.11. The molecule has 2 aromatic carbocycles. The summed E-state index contributed by atoms with van der Waals surface area (Å²) in [4.78, 5) is 12.0. The van der Waals surface area contributed by atoms with Gasteiger partial charge in [0.05, 0.1) is 5.69 Å². The Balaban J connectivity index is 2.35. The Bertz CT molecular complexity index is 691. The first kappa shape index (κ1) is 16.5. The first-order chi connectivity index (χ1) is 9.79. The van der Waals surface area contributed by atoms with Crippen LogP contribution in [-0.2, 0) is 0 Å². The molecule has 8 heteroatoms. The van der Waals surface area contributed by atoms with Crippen LogP contribution in [0.25, 0.3) is 0 Å². The quantitative estimate of drug-likeness (QED) is 0.545. The Morgan fingerprint density at radius 3 is 1.86 bits per heavy atom. The molecule has 0 saturated heterocycles. The number of rotatable bonds is 2. The molecule has 21 heavy (non-hydrogen) atoms. The molecule has 0 heterocycles. The van der Waals surface area contributed by atoms with Gasteiger partial charge in [-0.1, -0.05) is 15.9 Å². The molecule has 0 fully saturated rings. The standard InChI is InChI=1S/C13H5Br3F3NO/c14-6-3-7(15)12(8(16)4-6)20-13(21)5-1-9(17)11(19)10(18)2-5/h1-4H,(H,20,21). The average molecular weight is 488 g/mol. The van der Waals surface area contributed by atoms with E-state index in [1.54, 1.807) is 12.1 Å². The van der Waals surface area contributed by atoms with E-state index in [1.165, 1.54) is 0 Å². The van der Waals surface area contributed by atoms with Gasteiger partial charge in [-0.2, -0.15) is 0 Å². The highest BCUT2D eigenvalue weighted by Crippen LogP contribution is 2.34. The number of hydrogen-bond acceptors (Lipinski definition) is 1. The molecule has 0 aliphatic heterocycles. The van der Waals surface area contributed by atoms with E-state index in [1.807, 2.05) is 0 Å². The van der Waals surface area contributed by atoms with Crippen LogP contribution in [-0.4, -0.2) is 5.91 Å². The summed E-state index contributed by atoms with van der Waals surface area (Å²) in [5.41, 5.74) is 0.0569. The van der Waals surface area contributed by atoms with Gasteiger partial charge in [0.25, 0.3) is 5.91 Å². The van der Waals surface area contributed by atoms with E-state index in [0.717, 1.165) is 4.47 Å². The molecule has 0 radical (unpaired) electrons. The lowest BCUT2D eigenvalue weighted by atomic mass is 10.2. The van der Waals surface area contributed by atoms with Gasteiger partial charge in [0.15, 0.2) is 17.5 Å². The van der Waals surface area contributed by atoms with Gasteiger partial charge in [-0.3, -0.25) is 4.79 Å². The molecule has 0 aliphatic carbocycles. The summed E-state index contributed by atoms with van der Waals surface area (Å²) in [6, 6.07) is 4.64. The molecule has 2 aromatic rings. The number of carbonyl (C=O) groups excluding carboxylic acids is 1. The zero-order valence-corrected chi connectivity index (χ0v) is 14.7. The van der Waals surface area contributed by atoms with Crippen LogP contribution in [0.3, 0.4) is 0 Å². The fraction of sp³-hybridized carbons (Fsp3) is 0. The van der Waals surface area contributed by atoms with Crippen molar-refractivity contribution in [1.29, 1.82) is 0 Å². The molecule has 110 valence electrons. The van der Waals surface area contributed by atoms with Crippen molar-refractivity contribution in [2.24, 2.45) is 0 Å². The van der Waals surface area contributed by atoms with Gasteiger partial charge in [0.2, 0.25) is 0 Å². The highest BCUT2D eigenvalue weighted by molar-refractivity contribution is 9.11. The van der Waals surface area contributed by atoms with E-state index >= 15 is 0 Å². The molecule has 2 rings (SSSR count). The second-order valence-corrected chi connectivity index (χ2v) is 6.58. The van der Waals surface area contributed by atoms with Crippen LogP contribution >= 0.6 is 47.8 Å². The van der Waals surface area contributed by atoms with E-state index in [-0.39, 0.29) is 5.56 Å². The lowest BCUT2D eigenvalue weighted by Crippen LogP contribution is -2.14. The van der Waals surface area contributed by atoms with Crippen molar-refractivity contribution >= 4 is 59.4 Å². The summed E-state index contributed by atoms with van der Waals surface area (Å²) >= 11 is 9.79. The predicted octanol–water partition coefficient (Wildman–Crippen LogP) is 5.64. The topological polar surface area (TPSA) is 29.1 Å². The SMILES string of the molecule is O=C(Nc1c(Br)cc(Br)cc1Br)c1cc(F)c(F)c(F)c1. The van der Waals surface area contributed by atoms with Gasteiger partial charge in [0, 0.05) is 19.0 Å². The molecule has 1 N–H and O–H groups in total. The molecule has 0 aromatic heterocycles. The van der Waals surface area contributed by atoms with Crippen molar-refractivity contribution in [2.45, 2.75) is 0 Å². The van der Waals surface area contributed by atoms with E-state index < -0.39 is 23.4 Å². The van der Waals surface area contributed by atoms with E-state index in [2.05, 4.69) is 53.1 Å². The van der Waals surface area contributed by atoms with E-state index in [9.17, 15) is 18.0 Å². The van der Waals surface area contributed by atoms with Gasteiger partial charge in [-0.05, 0) is 56.1 Å². The fourth-order valence-corrected chi connectivity index (χ4v) is 3.99. The number of carbonyl (C=O) groups is 1. The molecular formula is C13H5Br3F3NO. The maximum Gasteiger partial charge on any atom is 0.255 e. The molecule has 1 amide bonds. The number of hydrogen-bond donors (Lipinski definition) is 1. The fourth-order valence-electron chi connectivity index (χ4n) is 1.53. The molecule has 0 unspecified atom stereocenters. The zero-order valence-electron chi connectivity index (χ0n) is 9.99. The van der Waals surface area contributed by atoms with Crippen LogP contribution < -0.4 is 5.32 Å². The number of benzene rings is 2. The third-order valence-corrected chi connectivity index (χ3v) is 4.20. The zero-order chi connectivity index (χ0) is 15.7. The number of nitrogens with one attached hydrogen (secondary N) is 1. The highest BCUT2D eigenvalue weighted by Gasteiger charge is 2.17. The Hall–Kier alpha value is -0.860. The monoisotopic (exact) mass is 485 g/mol. The summed E-state index contributed by atoms with van der Waals surface area (Å²) in [6.07, 6.45) is 0. The van der Waals surface area contributed by atoms with Gasteiger partial charge >= 0.3 is 0 Å². The van der Waals surface area contributed by atoms with Crippen molar-refractivity contribution in [3.05, 3.63) is 60.7 Å². The van der Waals surface area contributed by atoms with Gasteiger partial charge in [-0.15, -0.1) is 0 Å². The van der Waals surface area contributed by atoms with Crippen molar-refractivity contribution in [3.63, 3.8) is 0 Å². The third-order valence-electron chi connectivity index (χ3n) is 2.49. The predicted molar refractivity (Wildman–Crippen MR) is 83.8 cm³/mol. The van der Waals surface area contributed by atoms with Crippen LogP contribution in [0.15, 0.2) is 37.7 Å². The summed E-state index contributed by atoms with van der Waals surface area (Å²) in [7, 11) is 0. The molecule has 2 nitrogen and oxygen atoms in total. The van der Waals surface area contributed by atoms with Crippen LogP contribution in [0.5, 0.6) is 0 Å². The van der Waals surface area contributed by atoms with Crippen molar-refractivity contribution in [3.8, 4) is 0 Å². The average Bonchev–Trinajstić information content (AvgIpc) is 2.39. The van der Waals surface area contributed by atoms with E-state index in [0.29, 0.717) is 26.8 Å². The number of anilines is 1. The van der Waals surface area contributed by atoms with Crippen LogP contribution in [0.2, 0.25) is 0 Å². The number of amides is 1. The number of halogens is 6. The van der Waals surface area contributed by atoms with Crippen molar-refractivity contribution < 1.29 is 18.0 Å². The molecule has 0 bridgehead atoms. The maximum absolute atomic E-state index is 13.1. The normalized spacial score (nSPS) is 10.6. The largest absolute Gasteiger partial charge is 0.320 e. The van der Waals surface area contributed by atoms with Gasteiger partial charge in [0.1, 0.15) is 0 Å². The van der Waals surface area contributed by atoms with Crippen molar-refractivity contribution in [1.82, 2.24) is 0 Å². The molecular weight excluding hydrogens is 483 g/mol. The van der Waals surface area contributed by atoms with Crippen LogP contribution in [0, 0.1) is 17.5 Å². The van der Waals surface area contributed by atoms with Crippen LogP contribution in [0.1, 0.15) is 10.4 Å². The minimum atomic E-state index is -1.61. The minimum Gasteiger partial charge on any atom is -0.320 e. The maximum atomic E-state index is 13.1. The highest BCUT2D eigenvalue weighted by atomic mass is 79.9. The Morgan fingerprint density at radius 2 is 1.38 bits per heavy atom. The first-order valence-electron chi connectivity index (χ1n) is 5.40. The van der Waals surface area contributed by atoms with Crippen molar-refractivity contribution in [2.75, 3.05) is 5.32 Å².